The van der Waals surface area contributed by atoms with E-state index in [1.54, 1.807) is 11.3 Å². The Hall–Kier alpha value is -0.870. The molecule has 0 spiro atoms. The molecule has 1 heterocycles. The third-order valence-electron chi connectivity index (χ3n) is 4.73. The van der Waals surface area contributed by atoms with Crippen molar-refractivity contribution in [1.29, 1.82) is 0 Å². The molecule has 2 saturated carbocycles. The topological polar surface area (TPSA) is 32.3 Å². The van der Waals surface area contributed by atoms with E-state index < -0.39 is 0 Å². The minimum absolute atomic E-state index is 0.220. The summed E-state index contributed by atoms with van der Waals surface area (Å²) in [4.78, 5) is 16.0. The average molecular weight is 306 g/mol. The van der Waals surface area contributed by atoms with Gasteiger partial charge in [0.25, 0.3) is 0 Å². The summed E-state index contributed by atoms with van der Waals surface area (Å²) in [7, 11) is 0. The molecule has 1 aromatic heterocycles. The zero-order valence-corrected chi connectivity index (χ0v) is 13.7. The fourth-order valence-electron chi connectivity index (χ4n) is 3.22. The Morgan fingerprint density at radius 3 is 2.67 bits per heavy atom. The predicted octanol–water partition coefficient (Wildman–Crippen LogP) is 3.41. The van der Waals surface area contributed by atoms with Gasteiger partial charge in [0.05, 0.1) is 6.54 Å². The lowest BCUT2D eigenvalue weighted by atomic mass is 9.87. The smallest absolute Gasteiger partial charge is 0.234 e. The van der Waals surface area contributed by atoms with Gasteiger partial charge in [-0.1, -0.05) is 13.0 Å². The van der Waals surface area contributed by atoms with E-state index in [1.807, 2.05) is 0 Å². The normalized spacial score (nSPS) is 26.0. The zero-order valence-electron chi connectivity index (χ0n) is 12.9. The number of rotatable bonds is 6. The maximum atomic E-state index is 12.3. The first-order chi connectivity index (χ1) is 10.2. The molecule has 0 saturated heterocycles. The second-order valence-corrected chi connectivity index (χ2v) is 7.77. The number of thiophene rings is 1. The molecule has 21 heavy (non-hydrogen) atoms. The monoisotopic (exact) mass is 306 g/mol. The first-order valence-electron chi connectivity index (χ1n) is 8.26. The fourth-order valence-corrected chi connectivity index (χ4v) is 3.95. The first-order valence-corrected chi connectivity index (χ1v) is 9.14. The second kappa shape index (κ2) is 6.93. The molecule has 3 rings (SSSR count). The molecule has 4 heteroatoms. The molecule has 1 amide bonds. The standard InChI is InChI=1S/C17H26N2OS/c1-13-4-6-14(7-5-13)18-17(20)12-19(15-8-9-15)11-16-3-2-10-21-16/h2-3,10,13-15H,4-9,11-12H2,1H3,(H,18,20). The summed E-state index contributed by atoms with van der Waals surface area (Å²) in [6.07, 6.45) is 7.32. The first kappa shape index (κ1) is 15.0. The van der Waals surface area contributed by atoms with Gasteiger partial charge in [-0.15, -0.1) is 11.3 Å². The van der Waals surface area contributed by atoms with E-state index >= 15 is 0 Å². The second-order valence-electron chi connectivity index (χ2n) is 6.74. The Morgan fingerprint density at radius 2 is 2.05 bits per heavy atom. The third kappa shape index (κ3) is 4.55. The van der Waals surface area contributed by atoms with Gasteiger partial charge >= 0.3 is 0 Å². The Balaban J connectivity index is 1.47. The van der Waals surface area contributed by atoms with E-state index in [9.17, 15) is 4.79 Å². The molecular weight excluding hydrogens is 280 g/mol. The van der Waals surface area contributed by atoms with Crippen LogP contribution in [0.4, 0.5) is 0 Å². The van der Waals surface area contributed by atoms with Gasteiger partial charge in [-0.3, -0.25) is 9.69 Å². The molecule has 116 valence electrons. The molecule has 2 fully saturated rings. The van der Waals surface area contributed by atoms with Gasteiger partial charge < -0.3 is 5.32 Å². The molecule has 0 bridgehead atoms. The Labute approximate surface area is 131 Å². The molecule has 0 aliphatic heterocycles. The minimum Gasteiger partial charge on any atom is -0.352 e. The molecule has 1 aromatic rings. The number of hydrogen-bond donors (Lipinski definition) is 1. The van der Waals surface area contributed by atoms with Gasteiger partial charge in [0.15, 0.2) is 0 Å². The summed E-state index contributed by atoms with van der Waals surface area (Å²) in [5, 5.41) is 5.37. The van der Waals surface area contributed by atoms with Crippen molar-refractivity contribution < 1.29 is 4.79 Å². The van der Waals surface area contributed by atoms with Crippen LogP contribution in [0.15, 0.2) is 17.5 Å². The van der Waals surface area contributed by atoms with E-state index in [0.717, 1.165) is 25.3 Å². The summed E-state index contributed by atoms with van der Waals surface area (Å²) in [5.74, 6) is 1.05. The van der Waals surface area contributed by atoms with E-state index in [0.29, 0.717) is 18.6 Å². The molecule has 2 aliphatic carbocycles. The van der Waals surface area contributed by atoms with E-state index in [1.165, 1.54) is 30.6 Å². The number of nitrogens with zero attached hydrogens (tertiary/aromatic N) is 1. The lowest BCUT2D eigenvalue weighted by Gasteiger charge is -2.28. The molecule has 0 atom stereocenters. The highest BCUT2D eigenvalue weighted by molar-refractivity contribution is 7.09. The van der Waals surface area contributed by atoms with Crippen molar-refractivity contribution in [2.75, 3.05) is 6.54 Å². The van der Waals surface area contributed by atoms with Crippen LogP contribution in [0.25, 0.3) is 0 Å². The summed E-state index contributed by atoms with van der Waals surface area (Å²) >= 11 is 1.79. The minimum atomic E-state index is 0.220. The molecule has 0 aromatic carbocycles. The van der Waals surface area contributed by atoms with E-state index in [-0.39, 0.29) is 5.91 Å². The van der Waals surface area contributed by atoms with Crippen molar-refractivity contribution in [3.63, 3.8) is 0 Å². The summed E-state index contributed by atoms with van der Waals surface area (Å²) in [5.41, 5.74) is 0. The lowest BCUT2D eigenvalue weighted by Crippen LogP contribution is -2.43. The fraction of sp³-hybridized carbons (Fsp3) is 0.706. The van der Waals surface area contributed by atoms with E-state index in [4.69, 9.17) is 0 Å². The van der Waals surface area contributed by atoms with Crippen molar-refractivity contribution >= 4 is 17.2 Å². The van der Waals surface area contributed by atoms with Crippen molar-refractivity contribution in [1.82, 2.24) is 10.2 Å². The van der Waals surface area contributed by atoms with Crippen LogP contribution in [0, 0.1) is 5.92 Å². The van der Waals surface area contributed by atoms with Gasteiger partial charge in [0.2, 0.25) is 5.91 Å². The van der Waals surface area contributed by atoms with Crippen molar-refractivity contribution in [2.45, 2.75) is 64.1 Å². The van der Waals surface area contributed by atoms with Gasteiger partial charge in [-0.2, -0.15) is 0 Å². The summed E-state index contributed by atoms with van der Waals surface area (Å²) in [6, 6.07) is 5.30. The highest BCUT2D eigenvalue weighted by Gasteiger charge is 2.31. The van der Waals surface area contributed by atoms with Crippen LogP contribution in [-0.2, 0) is 11.3 Å². The predicted molar refractivity (Wildman–Crippen MR) is 87.3 cm³/mol. The van der Waals surface area contributed by atoms with Gasteiger partial charge in [0.1, 0.15) is 0 Å². The maximum Gasteiger partial charge on any atom is 0.234 e. The van der Waals surface area contributed by atoms with Crippen molar-refractivity contribution in [3.8, 4) is 0 Å². The van der Waals surface area contributed by atoms with Gasteiger partial charge in [-0.05, 0) is 55.9 Å². The van der Waals surface area contributed by atoms with Gasteiger partial charge in [0, 0.05) is 23.5 Å². The summed E-state index contributed by atoms with van der Waals surface area (Å²) < 4.78 is 0. The highest BCUT2D eigenvalue weighted by Crippen LogP contribution is 2.29. The molecule has 0 radical (unpaired) electrons. The van der Waals surface area contributed by atoms with Crippen LogP contribution in [-0.4, -0.2) is 29.4 Å². The SMILES string of the molecule is CC1CCC(NC(=O)CN(Cc2cccs2)C2CC2)CC1. The summed E-state index contributed by atoms with van der Waals surface area (Å²) in [6.45, 7) is 3.81. The van der Waals surface area contributed by atoms with Crippen LogP contribution in [0.3, 0.4) is 0 Å². The molecule has 1 N–H and O–H groups in total. The van der Waals surface area contributed by atoms with E-state index in [2.05, 4.69) is 34.7 Å². The molecular formula is C17H26N2OS. The zero-order chi connectivity index (χ0) is 14.7. The number of nitrogens with one attached hydrogen (secondary N) is 1. The Kier molecular flexibility index (Phi) is 4.96. The Bertz CT molecular complexity index is 447. The van der Waals surface area contributed by atoms with Crippen molar-refractivity contribution in [2.24, 2.45) is 5.92 Å². The molecule has 3 nitrogen and oxygen atoms in total. The molecule has 2 aliphatic rings. The van der Waals surface area contributed by atoms with Crippen LogP contribution >= 0.6 is 11.3 Å². The quantitative estimate of drug-likeness (QED) is 0.873. The van der Waals surface area contributed by atoms with Crippen LogP contribution in [0.1, 0.15) is 50.3 Å². The average Bonchev–Trinajstić information content (AvgIpc) is 3.19. The van der Waals surface area contributed by atoms with Gasteiger partial charge in [-0.25, -0.2) is 0 Å². The largest absolute Gasteiger partial charge is 0.352 e. The number of carbonyl (C=O) groups excluding carboxylic acids is 1. The Morgan fingerprint density at radius 1 is 1.29 bits per heavy atom. The highest BCUT2D eigenvalue weighted by atomic mass is 32.1. The number of hydrogen-bond acceptors (Lipinski definition) is 3. The van der Waals surface area contributed by atoms with Crippen LogP contribution < -0.4 is 5.32 Å². The third-order valence-corrected chi connectivity index (χ3v) is 5.59. The maximum absolute atomic E-state index is 12.3. The van der Waals surface area contributed by atoms with Crippen LogP contribution in [0.2, 0.25) is 0 Å². The number of amides is 1. The number of carbonyl (C=O) groups is 1. The van der Waals surface area contributed by atoms with Crippen molar-refractivity contribution in [3.05, 3.63) is 22.4 Å². The lowest BCUT2D eigenvalue weighted by molar-refractivity contribution is -0.123. The molecule has 0 unspecified atom stereocenters. The van der Waals surface area contributed by atoms with Crippen LogP contribution in [0.5, 0.6) is 0 Å².